The minimum absolute atomic E-state index is 0.0412. The van der Waals surface area contributed by atoms with Crippen LogP contribution in [0.2, 0.25) is 0 Å². The van der Waals surface area contributed by atoms with Gasteiger partial charge in [0.1, 0.15) is 5.82 Å². The van der Waals surface area contributed by atoms with Crippen LogP contribution in [0.1, 0.15) is 55.8 Å². The lowest BCUT2D eigenvalue weighted by molar-refractivity contribution is -0.144. The molecule has 0 aliphatic carbocycles. The van der Waals surface area contributed by atoms with Gasteiger partial charge < -0.3 is 14.7 Å². The van der Waals surface area contributed by atoms with Gasteiger partial charge in [0.25, 0.3) is 5.91 Å². The molecule has 3 aliphatic heterocycles. The van der Waals surface area contributed by atoms with E-state index in [2.05, 4.69) is 6.92 Å². The van der Waals surface area contributed by atoms with E-state index in [-0.39, 0.29) is 35.4 Å². The Morgan fingerprint density at radius 3 is 1.84 bits per heavy atom. The number of halogens is 1. The molecule has 7 heteroatoms. The minimum Gasteiger partial charge on any atom is -0.342 e. The van der Waals surface area contributed by atoms with E-state index in [1.807, 2.05) is 9.80 Å². The standard InChI is InChI=1S/C25H34FN3O3/c1-18-3-2-12-29(17-18)25(32)21-10-15-28(16-11-21)24(31)20-8-13-27(14-9-20)23(30)19-4-6-22(26)7-5-19/h4-7,18,20-21H,2-3,8-17H2,1H3. The van der Waals surface area contributed by atoms with E-state index < -0.39 is 0 Å². The topological polar surface area (TPSA) is 60.9 Å². The number of amides is 3. The van der Waals surface area contributed by atoms with E-state index in [4.69, 9.17) is 0 Å². The summed E-state index contributed by atoms with van der Waals surface area (Å²) >= 11 is 0. The SMILES string of the molecule is CC1CCCN(C(=O)C2CCN(C(=O)C3CCN(C(=O)c4ccc(F)cc4)CC3)CC2)C1. The molecule has 0 radical (unpaired) electrons. The highest BCUT2D eigenvalue weighted by Crippen LogP contribution is 2.27. The Kier molecular flexibility index (Phi) is 7.11. The third-order valence-electron chi connectivity index (χ3n) is 7.35. The van der Waals surface area contributed by atoms with Crippen LogP contribution >= 0.6 is 0 Å². The lowest BCUT2D eigenvalue weighted by atomic mass is 9.90. The Morgan fingerprint density at radius 2 is 1.28 bits per heavy atom. The molecule has 3 heterocycles. The molecule has 0 saturated carbocycles. The van der Waals surface area contributed by atoms with Gasteiger partial charge in [-0.1, -0.05) is 6.92 Å². The molecule has 0 aromatic heterocycles. The summed E-state index contributed by atoms with van der Waals surface area (Å²) in [4.78, 5) is 44.2. The second-order valence-corrected chi connectivity index (χ2v) is 9.70. The maximum Gasteiger partial charge on any atom is 0.253 e. The maximum atomic E-state index is 13.1. The number of likely N-dealkylation sites (tertiary alicyclic amines) is 3. The van der Waals surface area contributed by atoms with Crippen molar-refractivity contribution >= 4 is 17.7 Å². The molecule has 3 fully saturated rings. The summed E-state index contributed by atoms with van der Waals surface area (Å²) in [6, 6.07) is 5.60. The van der Waals surface area contributed by atoms with E-state index in [0.29, 0.717) is 50.5 Å². The lowest BCUT2D eigenvalue weighted by Gasteiger charge is -2.39. The van der Waals surface area contributed by atoms with Crippen molar-refractivity contribution < 1.29 is 18.8 Å². The van der Waals surface area contributed by atoms with Gasteiger partial charge in [-0.25, -0.2) is 4.39 Å². The summed E-state index contributed by atoms with van der Waals surface area (Å²) in [6.07, 6.45) is 5.08. The number of rotatable bonds is 3. The number of hydrogen-bond donors (Lipinski definition) is 0. The molecule has 0 N–H and O–H groups in total. The van der Waals surface area contributed by atoms with Gasteiger partial charge in [-0.3, -0.25) is 14.4 Å². The second kappa shape index (κ2) is 10.0. The predicted molar refractivity (Wildman–Crippen MR) is 119 cm³/mol. The monoisotopic (exact) mass is 443 g/mol. The third-order valence-corrected chi connectivity index (χ3v) is 7.35. The van der Waals surface area contributed by atoms with Crippen molar-refractivity contribution in [2.45, 2.75) is 45.4 Å². The van der Waals surface area contributed by atoms with Gasteiger partial charge in [-0.15, -0.1) is 0 Å². The Bertz CT molecular complexity index is 827. The highest BCUT2D eigenvalue weighted by molar-refractivity contribution is 5.94. The van der Waals surface area contributed by atoms with Crippen molar-refractivity contribution in [1.29, 1.82) is 0 Å². The molecule has 1 unspecified atom stereocenters. The molecule has 3 aliphatic rings. The summed E-state index contributed by atoms with van der Waals surface area (Å²) in [7, 11) is 0. The first-order valence-electron chi connectivity index (χ1n) is 12.0. The summed E-state index contributed by atoms with van der Waals surface area (Å²) in [5.41, 5.74) is 0.478. The number of hydrogen-bond acceptors (Lipinski definition) is 3. The Balaban J connectivity index is 1.23. The first-order chi connectivity index (χ1) is 15.4. The Labute approximate surface area is 189 Å². The number of nitrogens with zero attached hydrogens (tertiary/aromatic N) is 3. The van der Waals surface area contributed by atoms with Crippen molar-refractivity contribution in [3.8, 4) is 0 Å². The fourth-order valence-electron chi connectivity index (χ4n) is 5.36. The van der Waals surface area contributed by atoms with Crippen molar-refractivity contribution in [2.24, 2.45) is 17.8 Å². The third kappa shape index (κ3) is 5.13. The van der Waals surface area contributed by atoms with E-state index in [1.54, 1.807) is 4.90 Å². The molecule has 4 rings (SSSR count). The van der Waals surface area contributed by atoms with Crippen LogP contribution in [-0.4, -0.2) is 71.7 Å². The van der Waals surface area contributed by atoms with Gasteiger partial charge in [0, 0.05) is 56.7 Å². The lowest BCUT2D eigenvalue weighted by Crippen LogP contribution is -2.49. The molecule has 1 aromatic rings. The number of piperidine rings is 3. The average Bonchev–Trinajstić information content (AvgIpc) is 2.83. The van der Waals surface area contributed by atoms with Gasteiger partial charge in [0.2, 0.25) is 11.8 Å². The summed E-state index contributed by atoms with van der Waals surface area (Å²) in [5, 5.41) is 0. The van der Waals surface area contributed by atoms with Crippen molar-refractivity contribution in [3.63, 3.8) is 0 Å². The molecule has 32 heavy (non-hydrogen) atoms. The molecule has 3 saturated heterocycles. The van der Waals surface area contributed by atoms with E-state index in [0.717, 1.165) is 32.4 Å². The number of carbonyl (C=O) groups is 3. The zero-order valence-corrected chi connectivity index (χ0v) is 19.0. The Morgan fingerprint density at radius 1 is 0.750 bits per heavy atom. The van der Waals surface area contributed by atoms with Gasteiger partial charge in [0.05, 0.1) is 0 Å². The number of carbonyl (C=O) groups excluding carboxylic acids is 3. The molecule has 0 bridgehead atoms. The zero-order valence-electron chi connectivity index (χ0n) is 19.0. The summed E-state index contributed by atoms with van der Waals surface area (Å²) < 4.78 is 13.1. The highest BCUT2D eigenvalue weighted by atomic mass is 19.1. The van der Waals surface area contributed by atoms with Crippen LogP contribution in [0.5, 0.6) is 0 Å². The zero-order chi connectivity index (χ0) is 22.7. The van der Waals surface area contributed by atoms with Gasteiger partial charge in [-0.05, 0) is 68.7 Å². The van der Waals surface area contributed by atoms with Crippen LogP contribution in [0.4, 0.5) is 4.39 Å². The van der Waals surface area contributed by atoms with Gasteiger partial charge >= 0.3 is 0 Å². The fraction of sp³-hybridized carbons (Fsp3) is 0.640. The van der Waals surface area contributed by atoms with Crippen molar-refractivity contribution in [1.82, 2.24) is 14.7 Å². The van der Waals surface area contributed by atoms with Gasteiger partial charge in [-0.2, -0.15) is 0 Å². The molecule has 0 spiro atoms. The molecular weight excluding hydrogens is 409 g/mol. The molecule has 6 nitrogen and oxygen atoms in total. The van der Waals surface area contributed by atoms with Crippen LogP contribution in [0.3, 0.4) is 0 Å². The normalized spacial score (nSPS) is 23.3. The van der Waals surface area contributed by atoms with E-state index >= 15 is 0 Å². The average molecular weight is 444 g/mol. The largest absolute Gasteiger partial charge is 0.342 e. The van der Waals surface area contributed by atoms with Gasteiger partial charge in [0.15, 0.2) is 0 Å². The second-order valence-electron chi connectivity index (χ2n) is 9.70. The van der Waals surface area contributed by atoms with Crippen molar-refractivity contribution in [2.75, 3.05) is 39.3 Å². The van der Waals surface area contributed by atoms with E-state index in [1.165, 1.54) is 30.7 Å². The van der Waals surface area contributed by atoms with Crippen molar-refractivity contribution in [3.05, 3.63) is 35.6 Å². The first-order valence-corrected chi connectivity index (χ1v) is 12.0. The smallest absolute Gasteiger partial charge is 0.253 e. The van der Waals surface area contributed by atoms with Crippen LogP contribution < -0.4 is 0 Å². The fourth-order valence-corrected chi connectivity index (χ4v) is 5.36. The van der Waals surface area contributed by atoms with Crippen LogP contribution in [0.15, 0.2) is 24.3 Å². The maximum absolute atomic E-state index is 13.1. The summed E-state index contributed by atoms with van der Waals surface area (Å²) in [6.45, 7) is 6.31. The molecule has 1 aromatic carbocycles. The summed E-state index contributed by atoms with van der Waals surface area (Å²) in [5.74, 6) is 0.522. The number of benzene rings is 1. The molecule has 174 valence electrons. The van der Waals surface area contributed by atoms with Crippen LogP contribution in [0.25, 0.3) is 0 Å². The minimum atomic E-state index is -0.359. The van der Waals surface area contributed by atoms with Crippen LogP contribution in [0, 0.1) is 23.6 Å². The van der Waals surface area contributed by atoms with Crippen LogP contribution in [-0.2, 0) is 9.59 Å². The molecule has 1 atom stereocenters. The van der Waals surface area contributed by atoms with E-state index in [9.17, 15) is 18.8 Å². The first kappa shape index (κ1) is 22.7. The quantitative estimate of drug-likeness (QED) is 0.721. The molecule has 3 amide bonds. The highest BCUT2D eigenvalue weighted by Gasteiger charge is 2.35. The predicted octanol–water partition coefficient (Wildman–Crippen LogP) is 3.18. The molecular formula is C25H34FN3O3. The Hall–Kier alpha value is -2.44.